The molecular weight excluding hydrogens is 315 g/mol. The number of rotatable bonds is 3. The molecule has 0 amide bonds. The van der Waals surface area contributed by atoms with E-state index < -0.39 is 34.9 Å². The zero-order valence-corrected chi connectivity index (χ0v) is 11.1. The maximum atomic E-state index is 13.4. The summed E-state index contributed by atoms with van der Waals surface area (Å²) >= 11 is 5.49. The van der Waals surface area contributed by atoms with Gasteiger partial charge in [0.15, 0.2) is 11.6 Å². The van der Waals surface area contributed by atoms with Gasteiger partial charge in [-0.25, -0.2) is 8.78 Å². The SMILES string of the molecule is Fc1ccc(Oc2ccc(CCl)cc2C(F)(F)F)c(F)c1. The highest BCUT2D eigenvalue weighted by molar-refractivity contribution is 6.17. The number of halogens is 6. The zero-order chi connectivity index (χ0) is 15.6. The number of ether oxygens (including phenoxy) is 1. The van der Waals surface area contributed by atoms with Crippen molar-refractivity contribution in [1.82, 2.24) is 0 Å². The molecule has 0 aliphatic heterocycles. The highest BCUT2D eigenvalue weighted by Gasteiger charge is 2.35. The highest BCUT2D eigenvalue weighted by Crippen LogP contribution is 2.39. The van der Waals surface area contributed by atoms with Crippen LogP contribution in [0.25, 0.3) is 0 Å². The first-order valence-electron chi connectivity index (χ1n) is 5.70. The van der Waals surface area contributed by atoms with Crippen molar-refractivity contribution in [3.63, 3.8) is 0 Å². The van der Waals surface area contributed by atoms with E-state index in [9.17, 15) is 22.0 Å². The van der Waals surface area contributed by atoms with Gasteiger partial charge in [-0.2, -0.15) is 13.2 Å². The van der Waals surface area contributed by atoms with E-state index >= 15 is 0 Å². The fourth-order valence-corrected chi connectivity index (χ4v) is 1.81. The molecule has 0 bridgehead atoms. The third kappa shape index (κ3) is 3.64. The zero-order valence-electron chi connectivity index (χ0n) is 10.3. The van der Waals surface area contributed by atoms with Crippen LogP contribution in [0.5, 0.6) is 11.5 Å². The number of hydrogen-bond acceptors (Lipinski definition) is 1. The second kappa shape index (κ2) is 5.89. The lowest BCUT2D eigenvalue weighted by molar-refractivity contribution is -0.138. The Balaban J connectivity index is 2.44. The summed E-state index contributed by atoms with van der Waals surface area (Å²) in [6, 6.07) is 5.53. The standard InChI is InChI=1S/C14H8ClF5O/c15-7-8-1-3-12(10(5-8)14(18,19)20)21-13-4-2-9(16)6-11(13)17/h1-6H,7H2. The second-order valence-electron chi connectivity index (χ2n) is 4.14. The molecule has 2 rings (SSSR count). The van der Waals surface area contributed by atoms with Crippen molar-refractivity contribution >= 4 is 11.6 Å². The first-order valence-corrected chi connectivity index (χ1v) is 6.23. The van der Waals surface area contributed by atoms with Crippen LogP contribution in [0.3, 0.4) is 0 Å². The lowest BCUT2D eigenvalue weighted by Crippen LogP contribution is -2.08. The fourth-order valence-electron chi connectivity index (χ4n) is 1.65. The minimum atomic E-state index is -4.69. The molecule has 0 radical (unpaired) electrons. The molecule has 0 aromatic heterocycles. The van der Waals surface area contributed by atoms with Crippen molar-refractivity contribution in [3.05, 3.63) is 59.2 Å². The largest absolute Gasteiger partial charge is 0.454 e. The van der Waals surface area contributed by atoms with Crippen LogP contribution in [0.4, 0.5) is 22.0 Å². The Labute approximate surface area is 121 Å². The molecule has 112 valence electrons. The first kappa shape index (κ1) is 15.6. The van der Waals surface area contributed by atoms with Crippen LogP contribution < -0.4 is 4.74 Å². The van der Waals surface area contributed by atoms with E-state index in [1.807, 2.05) is 0 Å². The average Bonchev–Trinajstić information content (AvgIpc) is 2.41. The molecule has 0 spiro atoms. The van der Waals surface area contributed by atoms with Gasteiger partial charge in [0.2, 0.25) is 0 Å². The molecule has 0 aliphatic carbocycles. The summed E-state index contributed by atoms with van der Waals surface area (Å²) in [5.41, 5.74) is -0.833. The lowest BCUT2D eigenvalue weighted by Gasteiger charge is -2.15. The maximum absolute atomic E-state index is 13.4. The molecule has 2 aromatic rings. The Hall–Kier alpha value is -1.82. The highest BCUT2D eigenvalue weighted by atomic mass is 35.5. The van der Waals surface area contributed by atoms with Gasteiger partial charge in [-0.1, -0.05) is 6.07 Å². The fraction of sp³-hybridized carbons (Fsp3) is 0.143. The Morgan fingerprint density at radius 3 is 2.19 bits per heavy atom. The molecule has 21 heavy (non-hydrogen) atoms. The van der Waals surface area contributed by atoms with Gasteiger partial charge in [-0.05, 0) is 29.8 Å². The van der Waals surface area contributed by atoms with Gasteiger partial charge < -0.3 is 4.74 Å². The van der Waals surface area contributed by atoms with Crippen LogP contribution in [0.15, 0.2) is 36.4 Å². The van der Waals surface area contributed by atoms with Gasteiger partial charge in [0, 0.05) is 11.9 Å². The smallest absolute Gasteiger partial charge is 0.419 e. The summed E-state index contributed by atoms with van der Waals surface area (Å²) < 4.78 is 70.0. The normalized spacial score (nSPS) is 11.5. The van der Waals surface area contributed by atoms with Gasteiger partial charge in [-0.15, -0.1) is 11.6 Å². The quantitative estimate of drug-likeness (QED) is 0.534. The maximum Gasteiger partial charge on any atom is 0.419 e. The number of alkyl halides is 4. The van der Waals surface area contributed by atoms with Crippen molar-refractivity contribution < 1.29 is 26.7 Å². The summed E-state index contributed by atoms with van der Waals surface area (Å²) in [5, 5.41) is 0. The van der Waals surface area contributed by atoms with Gasteiger partial charge in [0.05, 0.1) is 5.56 Å². The van der Waals surface area contributed by atoms with Crippen molar-refractivity contribution in [1.29, 1.82) is 0 Å². The molecule has 0 saturated carbocycles. The molecular formula is C14H8ClF5O. The van der Waals surface area contributed by atoms with Gasteiger partial charge in [0.1, 0.15) is 11.6 Å². The van der Waals surface area contributed by atoms with Crippen LogP contribution >= 0.6 is 11.6 Å². The van der Waals surface area contributed by atoms with E-state index in [0.717, 1.165) is 24.3 Å². The van der Waals surface area contributed by atoms with E-state index in [0.29, 0.717) is 6.07 Å². The monoisotopic (exact) mass is 322 g/mol. The molecule has 2 aromatic carbocycles. The van der Waals surface area contributed by atoms with Crippen LogP contribution in [0.2, 0.25) is 0 Å². The van der Waals surface area contributed by atoms with Crippen LogP contribution in [0, 0.1) is 11.6 Å². The van der Waals surface area contributed by atoms with Gasteiger partial charge >= 0.3 is 6.18 Å². The summed E-state index contributed by atoms with van der Waals surface area (Å²) in [6.07, 6.45) is -4.69. The van der Waals surface area contributed by atoms with E-state index in [1.165, 1.54) is 6.07 Å². The molecule has 0 unspecified atom stereocenters. The topological polar surface area (TPSA) is 9.23 Å². The summed E-state index contributed by atoms with van der Waals surface area (Å²) in [7, 11) is 0. The first-order chi connectivity index (χ1) is 9.81. The molecule has 0 saturated heterocycles. The molecule has 7 heteroatoms. The third-order valence-corrected chi connectivity index (χ3v) is 2.93. The minimum absolute atomic E-state index is 0.103. The second-order valence-corrected chi connectivity index (χ2v) is 4.41. The molecule has 0 atom stereocenters. The predicted molar refractivity (Wildman–Crippen MR) is 67.4 cm³/mol. The molecule has 0 heterocycles. The van der Waals surface area contributed by atoms with Crippen LogP contribution in [-0.4, -0.2) is 0 Å². The summed E-state index contributed by atoms with van der Waals surface area (Å²) in [5.74, 6) is -3.13. The summed E-state index contributed by atoms with van der Waals surface area (Å²) in [6.45, 7) is 0. The molecule has 1 nitrogen and oxygen atoms in total. The molecule has 0 fully saturated rings. The average molecular weight is 323 g/mol. The van der Waals surface area contributed by atoms with Gasteiger partial charge in [-0.3, -0.25) is 0 Å². The van der Waals surface area contributed by atoms with E-state index in [2.05, 4.69) is 0 Å². The number of benzene rings is 2. The minimum Gasteiger partial charge on any atom is -0.454 e. The van der Waals surface area contributed by atoms with Crippen LogP contribution in [-0.2, 0) is 12.1 Å². The van der Waals surface area contributed by atoms with Crippen LogP contribution in [0.1, 0.15) is 11.1 Å². The van der Waals surface area contributed by atoms with E-state index in [4.69, 9.17) is 16.3 Å². The Kier molecular flexibility index (Phi) is 4.37. The van der Waals surface area contributed by atoms with E-state index in [1.54, 1.807) is 0 Å². The van der Waals surface area contributed by atoms with Crippen molar-refractivity contribution in [2.24, 2.45) is 0 Å². The predicted octanol–water partition coefficient (Wildman–Crippen LogP) is 5.51. The molecule has 0 aliphatic rings. The third-order valence-electron chi connectivity index (χ3n) is 2.62. The Morgan fingerprint density at radius 2 is 1.62 bits per heavy atom. The molecule has 0 N–H and O–H groups in total. The summed E-state index contributed by atoms with van der Waals surface area (Å²) in [4.78, 5) is 0. The van der Waals surface area contributed by atoms with Gasteiger partial charge in [0.25, 0.3) is 0 Å². The van der Waals surface area contributed by atoms with Crippen molar-refractivity contribution in [2.45, 2.75) is 12.1 Å². The Bertz CT molecular complexity index is 654. The number of hydrogen-bond donors (Lipinski definition) is 0. The van der Waals surface area contributed by atoms with Crippen molar-refractivity contribution in [3.8, 4) is 11.5 Å². The Morgan fingerprint density at radius 1 is 0.952 bits per heavy atom. The van der Waals surface area contributed by atoms with Crippen molar-refractivity contribution in [2.75, 3.05) is 0 Å². The lowest BCUT2D eigenvalue weighted by atomic mass is 10.1. The van der Waals surface area contributed by atoms with E-state index in [-0.39, 0.29) is 11.4 Å².